The Balaban J connectivity index is 2.00. The van der Waals surface area contributed by atoms with E-state index in [4.69, 9.17) is 5.11 Å². The lowest BCUT2D eigenvalue weighted by atomic mass is 10.1. The number of amides is 1. The second-order valence-corrected chi connectivity index (χ2v) is 8.55. The minimum atomic E-state index is -2.03. The van der Waals surface area contributed by atoms with Crippen LogP contribution in [0, 0.1) is 0 Å². The largest absolute Gasteiger partial charge is 0.478 e. The van der Waals surface area contributed by atoms with Gasteiger partial charge in [-0.3, -0.25) is 10.2 Å². The number of carboxylic acid groups (broad SMARTS) is 1. The molecule has 0 atom stereocenters. The highest BCUT2D eigenvalue weighted by molar-refractivity contribution is 7.63. The molecule has 1 amide bonds. The molecule has 1 saturated heterocycles. The van der Waals surface area contributed by atoms with Gasteiger partial charge in [-0.25, -0.2) is 9.80 Å². The van der Waals surface area contributed by atoms with E-state index in [1.165, 1.54) is 18.2 Å². The van der Waals surface area contributed by atoms with E-state index in [0.717, 1.165) is 0 Å². The van der Waals surface area contributed by atoms with Crippen molar-refractivity contribution >= 4 is 19.0 Å². The van der Waals surface area contributed by atoms with E-state index in [2.05, 4.69) is 5.43 Å². The molecule has 2 N–H and O–H groups in total. The Labute approximate surface area is 117 Å². The summed E-state index contributed by atoms with van der Waals surface area (Å²) in [7, 11) is -2.03. The summed E-state index contributed by atoms with van der Waals surface area (Å²) in [5.74, 6) is -1.41. The van der Waals surface area contributed by atoms with Crippen molar-refractivity contribution in [2.24, 2.45) is 0 Å². The van der Waals surface area contributed by atoms with Crippen LogP contribution in [0.3, 0.4) is 0 Å². The quantitative estimate of drug-likeness (QED) is 0.822. The first-order valence-electron chi connectivity index (χ1n) is 6.32. The first-order chi connectivity index (χ1) is 9.37. The third kappa shape index (κ3) is 3.68. The van der Waals surface area contributed by atoms with Gasteiger partial charge in [-0.15, -0.1) is 0 Å². The van der Waals surface area contributed by atoms with Crippen molar-refractivity contribution < 1.29 is 19.3 Å². The van der Waals surface area contributed by atoms with Crippen LogP contribution in [0.5, 0.6) is 0 Å². The molecule has 0 bridgehead atoms. The number of carbonyl (C=O) groups excluding carboxylic acids is 1. The smallest absolute Gasteiger partial charge is 0.335 e. The molecule has 0 spiro atoms. The molecule has 0 saturated carbocycles. The van der Waals surface area contributed by atoms with Crippen molar-refractivity contribution in [1.82, 2.24) is 10.4 Å². The number of carboxylic acids is 1. The normalized spacial score (nSPS) is 18.4. The fraction of sp³-hybridized carbons (Fsp3) is 0.385. The van der Waals surface area contributed by atoms with Gasteiger partial charge >= 0.3 is 5.97 Å². The van der Waals surface area contributed by atoms with Crippen LogP contribution >= 0.6 is 7.14 Å². The molecule has 1 aliphatic heterocycles. The molecular formula is C13H17N2O4P. The number of hydrazine groups is 1. The summed E-state index contributed by atoms with van der Waals surface area (Å²) in [6.07, 6.45) is 1.17. The number of rotatable bonds is 3. The second-order valence-electron chi connectivity index (χ2n) is 5.06. The summed E-state index contributed by atoms with van der Waals surface area (Å²) >= 11 is 0. The standard InChI is InChI=1S/C13H17N2O4P/c1-20(19)7-5-15(6-8-20)14-12(16)10-3-2-4-11(9-10)13(17)18/h2-4,9H,5-8H2,1H3,(H,14,16)(H,17,18). The van der Waals surface area contributed by atoms with E-state index in [1.54, 1.807) is 17.7 Å². The Morgan fingerprint density at radius 3 is 2.45 bits per heavy atom. The van der Waals surface area contributed by atoms with Crippen LogP contribution in [0.2, 0.25) is 0 Å². The zero-order valence-corrected chi connectivity index (χ0v) is 12.1. The van der Waals surface area contributed by atoms with Crippen LogP contribution in [-0.2, 0) is 4.57 Å². The molecule has 6 nitrogen and oxygen atoms in total. The number of hydrogen-bond acceptors (Lipinski definition) is 4. The maximum Gasteiger partial charge on any atom is 0.335 e. The summed E-state index contributed by atoms with van der Waals surface area (Å²) in [6.45, 7) is 2.89. The van der Waals surface area contributed by atoms with Crippen molar-refractivity contribution in [1.29, 1.82) is 0 Å². The van der Waals surface area contributed by atoms with Crippen LogP contribution in [-0.4, -0.2) is 54.1 Å². The van der Waals surface area contributed by atoms with Gasteiger partial charge in [-0.2, -0.15) is 0 Å². The molecule has 1 heterocycles. The minimum Gasteiger partial charge on any atom is -0.478 e. The number of nitrogens with zero attached hydrogens (tertiary/aromatic N) is 1. The van der Waals surface area contributed by atoms with E-state index in [0.29, 0.717) is 31.0 Å². The summed E-state index contributed by atoms with van der Waals surface area (Å²) in [4.78, 5) is 22.9. The van der Waals surface area contributed by atoms with Crippen LogP contribution in [0.4, 0.5) is 0 Å². The van der Waals surface area contributed by atoms with Gasteiger partial charge in [-0.1, -0.05) is 6.07 Å². The fourth-order valence-electron chi connectivity index (χ4n) is 2.00. The van der Waals surface area contributed by atoms with Crippen LogP contribution in [0.1, 0.15) is 20.7 Å². The molecule has 2 rings (SSSR count). The lowest BCUT2D eigenvalue weighted by molar-refractivity contribution is 0.0697. The Bertz CT molecular complexity index is 575. The highest BCUT2D eigenvalue weighted by Crippen LogP contribution is 2.42. The van der Waals surface area contributed by atoms with Crippen LogP contribution in [0.25, 0.3) is 0 Å². The summed E-state index contributed by atoms with van der Waals surface area (Å²) in [5, 5.41) is 10.6. The van der Waals surface area contributed by atoms with Crippen LogP contribution < -0.4 is 5.43 Å². The highest BCUT2D eigenvalue weighted by Gasteiger charge is 2.25. The molecule has 0 unspecified atom stereocenters. The number of benzene rings is 1. The Morgan fingerprint density at radius 2 is 1.85 bits per heavy atom. The zero-order valence-electron chi connectivity index (χ0n) is 11.2. The predicted molar refractivity (Wildman–Crippen MR) is 75.7 cm³/mol. The fourth-order valence-corrected chi connectivity index (χ4v) is 3.55. The number of aromatic carboxylic acids is 1. The molecule has 0 aliphatic carbocycles. The van der Waals surface area contributed by atoms with E-state index in [1.807, 2.05) is 0 Å². The highest BCUT2D eigenvalue weighted by atomic mass is 31.2. The first-order valence-corrected chi connectivity index (χ1v) is 8.85. The molecule has 0 radical (unpaired) electrons. The summed E-state index contributed by atoms with van der Waals surface area (Å²) < 4.78 is 11.9. The van der Waals surface area contributed by atoms with Gasteiger partial charge < -0.3 is 9.67 Å². The molecule has 1 aromatic rings. The average Bonchev–Trinajstić information content (AvgIpc) is 2.41. The van der Waals surface area contributed by atoms with Crippen molar-refractivity contribution in [3.05, 3.63) is 35.4 Å². The van der Waals surface area contributed by atoms with Crippen molar-refractivity contribution in [3.63, 3.8) is 0 Å². The predicted octanol–water partition coefficient (Wildman–Crippen LogP) is 1.34. The van der Waals surface area contributed by atoms with Gasteiger partial charge in [-0.05, 0) is 24.9 Å². The van der Waals surface area contributed by atoms with E-state index < -0.39 is 13.1 Å². The number of nitrogens with one attached hydrogen (secondary N) is 1. The number of hydrogen-bond donors (Lipinski definition) is 2. The maximum absolute atomic E-state index is 12.0. The van der Waals surface area contributed by atoms with Gasteiger partial charge in [0.2, 0.25) is 0 Å². The molecule has 1 aromatic carbocycles. The minimum absolute atomic E-state index is 0.0781. The Morgan fingerprint density at radius 1 is 1.25 bits per heavy atom. The van der Waals surface area contributed by atoms with Crippen molar-refractivity contribution in [2.45, 2.75) is 0 Å². The maximum atomic E-state index is 12.0. The Kier molecular flexibility index (Phi) is 4.26. The van der Waals surface area contributed by atoms with Gasteiger partial charge in [0.1, 0.15) is 0 Å². The van der Waals surface area contributed by atoms with Crippen molar-refractivity contribution in [2.75, 3.05) is 32.1 Å². The SMILES string of the molecule is CP1(=O)CCN(NC(=O)c2cccc(C(=O)O)c2)CC1. The molecule has 20 heavy (non-hydrogen) atoms. The number of carbonyl (C=O) groups is 2. The lowest BCUT2D eigenvalue weighted by Gasteiger charge is -2.30. The molecule has 0 aromatic heterocycles. The average molecular weight is 296 g/mol. The summed E-state index contributed by atoms with van der Waals surface area (Å²) in [5.41, 5.74) is 3.10. The lowest BCUT2D eigenvalue weighted by Crippen LogP contribution is -2.47. The van der Waals surface area contributed by atoms with Crippen LogP contribution in [0.15, 0.2) is 24.3 Å². The molecule has 7 heteroatoms. The molecule has 1 aliphatic rings. The molecule has 108 valence electrons. The third-order valence-corrected chi connectivity index (χ3v) is 5.61. The monoisotopic (exact) mass is 296 g/mol. The third-order valence-electron chi connectivity index (χ3n) is 3.32. The van der Waals surface area contributed by atoms with Gasteiger partial charge in [0, 0.05) is 31.0 Å². The summed E-state index contributed by atoms with van der Waals surface area (Å²) in [6, 6.07) is 5.88. The second kappa shape index (κ2) is 5.77. The van der Waals surface area contributed by atoms with Gasteiger partial charge in [0.25, 0.3) is 5.91 Å². The van der Waals surface area contributed by atoms with E-state index >= 15 is 0 Å². The van der Waals surface area contributed by atoms with Gasteiger partial charge in [0.15, 0.2) is 0 Å². The Hall–Kier alpha value is -1.65. The molecular weight excluding hydrogens is 279 g/mol. The van der Waals surface area contributed by atoms with Gasteiger partial charge in [0.05, 0.1) is 12.7 Å². The molecule has 1 fully saturated rings. The topological polar surface area (TPSA) is 86.7 Å². The zero-order chi connectivity index (χ0) is 14.8. The first kappa shape index (κ1) is 14.8. The van der Waals surface area contributed by atoms with E-state index in [9.17, 15) is 14.2 Å². The van der Waals surface area contributed by atoms with E-state index in [-0.39, 0.29) is 11.5 Å². The van der Waals surface area contributed by atoms with Crippen molar-refractivity contribution in [3.8, 4) is 0 Å².